The molecule has 4 rings (SSSR count). The van der Waals surface area contributed by atoms with Crippen LogP contribution in [0.1, 0.15) is 37.6 Å². The van der Waals surface area contributed by atoms with Crippen LogP contribution in [-0.4, -0.2) is 44.4 Å². The number of rotatable bonds is 8. The number of nitrogens with one attached hydrogen (secondary N) is 1. The first-order chi connectivity index (χ1) is 18.0. The second kappa shape index (κ2) is 11.6. The van der Waals surface area contributed by atoms with Crippen molar-refractivity contribution in [1.82, 2.24) is 10.2 Å². The lowest BCUT2D eigenvalue weighted by Gasteiger charge is -2.31. The van der Waals surface area contributed by atoms with E-state index in [9.17, 15) is 18.0 Å². The number of benzene rings is 2. The molecule has 0 saturated carbocycles. The van der Waals surface area contributed by atoms with Gasteiger partial charge in [0.15, 0.2) is 0 Å². The number of hydrogen-bond acceptors (Lipinski definition) is 6. The number of aryl methyl sites for hydroxylation is 1. The molecule has 2 heterocycles. The predicted octanol–water partition coefficient (Wildman–Crippen LogP) is 2.22. The highest BCUT2D eigenvalue weighted by molar-refractivity contribution is 9.10. The molecule has 1 aromatic heterocycles. The second-order valence-corrected chi connectivity index (χ2v) is 11.6. The fourth-order valence-electron chi connectivity index (χ4n) is 3.86. The van der Waals surface area contributed by atoms with Crippen LogP contribution in [0.5, 0.6) is 0 Å². The van der Waals surface area contributed by atoms with Gasteiger partial charge < -0.3 is 19.5 Å². The van der Waals surface area contributed by atoms with Crippen molar-refractivity contribution in [3.8, 4) is 0 Å². The highest BCUT2D eigenvalue weighted by Crippen LogP contribution is 2.17. The third-order valence-corrected chi connectivity index (χ3v) is 7.66. The Bertz CT molecular complexity index is 1480. The van der Waals surface area contributed by atoms with E-state index in [1.54, 1.807) is 36.4 Å². The predicted molar refractivity (Wildman–Crippen MR) is 139 cm³/mol. The highest BCUT2D eigenvalue weighted by Gasteiger charge is 2.34. The number of carbonyl (C=O) groups excluding carboxylic acids is 2. The minimum atomic E-state index is -4.08. The Morgan fingerprint density at radius 3 is 2.55 bits per heavy atom. The van der Waals surface area contributed by atoms with Crippen molar-refractivity contribution >= 4 is 43.5 Å². The van der Waals surface area contributed by atoms with Gasteiger partial charge in [-0.2, -0.15) is 8.42 Å². The summed E-state index contributed by atoms with van der Waals surface area (Å²) < 4.78 is 43.0. The largest absolute Gasteiger partial charge is 0.486 e. The Morgan fingerprint density at radius 1 is 1.21 bits per heavy atom. The van der Waals surface area contributed by atoms with Crippen molar-refractivity contribution in [1.29, 1.82) is 0 Å². The SMILES string of the molecule is Cc1ccc(S(=O)(=O)/N=c2\o[n-][n+](C(C)C)c2CN2CCOC(CC(=O)Nc3ccc(Br)cc3)C2=O)cc1. The standard InChI is InChI=1S/C25H28BrN5O6S/c1-16(2)31-21(24(37-29-31)28-38(34,35)20-10-4-17(3)5-11-20)15-30-12-13-36-22(25(30)33)14-23(32)27-19-8-6-18(26)7-9-19/h4-11,16,22H,12-15H2,1-3H3,(H,27,32)/b28-24-. The molecule has 3 aromatic rings. The van der Waals surface area contributed by atoms with Crippen LogP contribution in [-0.2, 0) is 30.9 Å². The zero-order chi connectivity index (χ0) is 27.4. The van der Waals surface area contributed by atoms with Gasteiger partial charge in [-0.15, -0.1) is 4.40 Å². The second-order valence-electron chi connectivity index (χ2n) is 9.12. The molecule has 2 amide bonds. The molecular formula is C25H28BrN5O6S. The summed E-state index contributed by atoms with van der Waals surface area (Å²) in [6.45, 7) is 5.99. The van der Waals surface area contributed by atoms with Gasteiger partial charge in [-0.1, -0.05) is 33.6 Å². The summed E-state index contributed by atoms with van der Waals surface area (Å²) in [7, 11) is -4.08. The fourth-order valence-corrected chi connectivity index (χ4v) is 5.06. The first-order valence-electron chi connectivity index (χ1n) is 11.9. The number of sulfonamides is 1. The van der Waals surface area contributed by atoms with Gasteiger partial charge in [0, 0.05) is 16.7 Å². The number of carbonyl (C=O) groups is 2. The molecule has 13 heteroatoms. The Morgan fingerprint density at radius 2 is 1.89 bits per heavy atom. The number of aromatic nitrogens is 2. The summed E-state index contributed by atoms with van der Waals surface area (Å²) in [4.78, 5) is 27.3. The zero-order valence-corrected chi connectivity index (χ0v) is 23.5. The molecule has 202 valence electrons. The minimum Gasteiger partial charge on any atom is -0.486 e. The molecule has 1 atom stereocenters. The average Bonchev–Trinajstić information content (AvgIpc) is 3.25. The van der Waals surface area contributed by atoms with E-state index < -0.39 is 22.0 Å². The van der Waals surface area contributed by atoms with Crippen molar-refractivity contribution in [2.75, 3.05) is 18.5 Å². The molecule has 0 spiro atoms. The third-order valence-electron chi connectivity index (χ3n) is 5.86. The lowest BCUT2D eigenvalue weighted by molar-refractivity contribution is -0.790. The van der Waals surface area contributed by atoms with E-state index in [1.165, 1.54) is 21.7 Å². The van der Waals surface area contributed by atoms with Gasteiger partial charge in [0.05, 0.1) is 17.9 Å². The van der Waals surface area contributed by atoms with Gasteiger partial charge in [-0.3, -0.25) is 14.9 Å². The number of anilines is 1. The molecule has 0 radical (unpaired) electrons. The van der Waals surface area contributed by atoms with Crippen LogP contribution in [0.25, 0.3) is 0 Å². The molecule has 0 aliphatic carbocycles. The Balaban J connectivity index is 1.54. The summed E-state index contributed by atoms with van der Waals surface area (Å²) >= 11 is 3.34. The van der Waals surface area contributed by atoms with Crippen LogP contribution in [0.4, 0.5) is 5.69 Å². The van der Waals surface area contributed by atoms with Crippen LogP contribution >= 0.6 is 15.9 Å². The van der Waals surface area contributed by atoms with Gasteiger partial charge in [-0.25, -0.2) is 4.68 Å². The van der Waals surface area contributed by atoms with Crippen molar-refractivity contribution in [3.05, 3.63) is 69.8 Å². The van der Waals surface area contributed by atoms with E-state index in [-0.39, 0.29) is 48.5 Å². The Kier molecular flexibility index (Phi) is 8.48. The lowest BCUT2D eigenvalue weighted by Crippen LogP contribution is -2.52. The maximum Gasteiger partial charge on any atom is 0.289 e. The highest BCUT2D eigenvalue weighted by atomic mass is 79.9. The van der Waals surface area contributed by atoms with Crippen LogP contribution in [0.15, 0.2) is 66.8 Å². The van der Waals surface area contributed by atoms with E-state index in [1.807, 2.05) is 20.8 Å². The molecule has 11 nitrogen and oxygen atoms in total. The molecule has 1 fully saturated rings. The molecule has 1 saturated heterocycles. The zero-order valence-electron chi connectivity index (χ0n) is 21.1. The maximum atomic E-state index is 13.2. The number of ether oxygens (including phenoxy) is 1. The number of halogens is 1. The van der Waals surface area contributed by atoms with Crippen molar-refractivity contribution in [2.45, 2.75) is 50.8 Å². The van der Waals surface area contributed by atoms with Crippen LogP contribution in [0, 0.1) is 6.92 Å². The van der Waals surface area contributed by atoms with E-state index in [0.29, 0.717) is 11.4 Å². The molecule has 1 N–H and O–H groups in total. The first kappa shape index (κ1) is 27.7. The number of amides is 2. The van der Waals surface area contributed by atoms with E-state index in [0.717, 1.165) is 10.0 Å². The normalized spacial score (nSPS) is 16.8. The van der Waals surface area contributed by atoms with Gasteiger partial charge in [0.2, 0.25) is 5.91 Å². The Labute approximate surface area is 228 Å². The summed E-state index contributed by atoms with van der Waals surface area (Å²) in [6, 6.07) is 13.2. The number of morpholine rings is 1. The number of nitrogens with zero attached hydrogens (tertiary/aromatic N) is 4. The summed E-state index contributed by atoms with van der Waals surface area (Å²) in [6.07, 6.45) is -1.15. The quantitative estimate of drug-likeness (QED) is 0.389. The average molecular weight is 606 g/mol. The third kappa shape index (κ3) is 6.58. The molecule has 1 aliphatic rings. The summed E-state index contributed by atoms with van der Waals surface area (Å²) in [5, 5.41) is 6.72. The molecule has 1 aliphatic heterocycles. The van der Waals surface area contributed by atoms with Crippen LogP contribution in [0.3, 0.4) is 0 Å². The van der Waals surface area contributed by atoms with Gasteiger partial charge in [0.1, 0.15) is 18.7 Å². The smallest absolute Gasteiger partial charge is 0.289 e. The van der Waals surface area contributed by atoms with Crippen LogP contribution in [0.2, 0.25) is 0 Å². The topological polar surface area (TPSA) is 136 Å². The monoisotopic (exact) mass is 605 g/mol. The van der Waals surface area contributed by atoms with Gasteiger partial charge in [-0.05, 0) is 57.2 Å². The summed E-state index contributed by atoms with van der Waals surface area (Å²) in [5.74, 6) is -0.763. The fraction of sp³-hybridized carbons (Fsp3) is 0.360. The number of hydrogen-bond donors (Lipinski definition) is 1. The maximum absolute atomic E-state index is 13.2. The molecule has 2 aromatic carbocycles. The van der Waals surface area contributed by atoms with E-state index in [4.69, 9.17) is 9.26 Å². The van der Waals surface area contributed by atoms with Crippen molar-refractivity contribution in [2.24, 2.45) is 4.40 Å². The molecule has 38 heavy (non-hydrogen) atoms. The molecule has 1 unspecified atom stereocenters. The summed E-state index contributed by atoms with van der Waals surface area (Å²) in [5.41, 5.74) is 1.63. The van der Waals surface area contributed by atoms with Gasteiger partial charge in [0.25, 0.3) is 27.2 Å². The van der Waals surface area contributed by atoms with E-state index >= 15 is 0 Å². The van der Waals surface area contributed by atoms with E-state index in [2.05, 4.69) is 30.9 Å². The lowest BCUT2D eigenvalue weighted by atomic mass is 10.1. The minimum absolute atomic E-state index is 0.0147. The van der Waals surface area contributed by atoms with Crippen molar-refractivity contribution < 1.29 is 31.9 Å². The molecular weight excluding hydrogens is 578 g/mol. The van der Waals surface area contributed by atoms with Crippen molar-refractivity contribution in [3.63, 3.8) is 0 Å². The first-order valence-corrected chi connectivity index (χ1v) is 14.2. The van der Waals surface area contributed by atoms with Gasteiger partial charge >= 0.3 is 0 Å². The van der Waals surface area contributed by atoms with Crippen LogP contribution < -0.4 is 20.8 Å². The Hall–Kier alpha value is -3.29. The molecule has 0 bridgehead atoms.